The van der Waals surface area contributed by atoms with Crippen molar-refractivity contribution in [2.24, 2.45) is 5.73 Å². The Labute approximate surface area is 205 Å². The van der Waals surface area contributed by atoms with E-state index < -0.39 is 11.7 Å². The molecule has 3 aromatic carbocycles. The second kappa shape index (κ2) is 10.2. The van der Waals surface area contributed by atoms with Gasteiger partial charge in [0.1, 0.15) is 17.3 Å². The number of nitrogens with one attached hydrogen (secondary N) is 2. The summed E-state index contributed by atoms with van der Waals surface area (Å²) in [6.07, 6.45) is 0. The van der Waals surface area contributed by atoms with Crippen LogP contribution in [0.25, 0.3) is 11.1 Å². The summed E-state index contributed by atoms with van der Waals surface area (Å²) in [6, 6.07) is 11.0. The van der Waals surface area contributed by atoms with Crippen LogP contribution < -0.4 is 25.8 Å². The van der Waals surface area contributed by atoms with Crippen molar-refractivity contribution in [3.8, 4) is 22.6 Å². The lowest BCUT2D eigenvalue weighted by Crippen LogP contribution is -2.20. The van der Waals surface area contributed by atoms with Gasteiger partial charge in [-0.3, -0.25) is 4.79 Å². The van der Waals surface area contributed by atoms with Gasteiger partial charge in [-0.05, 0) is 54.5 Å². The number of halogens is 3. The normalized spacial score (nSPS) is 10.5. The average Bonchev–Trinajstić information content (AvgIpc) is 2.76. The van der Waals surface area contributed by atoms with Gasteiger partial charge in [0.25, 0.3) is 5.91 Å². The van der Waals surface area contributed by atoms with E-state index in [1.165, 1.54) is 20.3 Å². The highest BCUT2D eigenvalue weighted by molar-refractivity contribution is 7.80. The summed E-state index contributed by atoms with van der Waals surface area (Å²) in [4.78, 5) is 11.5. The molecular weight excluding hydrogens is 488 g/mol. The molecule has 3 rings (SSSR count). The molecular formula is C23H20Cl2FN3O3S. The number of methoxy groups -OCH3 is 2. The molecule has 0 aromatic heterocycles. The predicted molar refractivity (Wildman–Crippen MR) is 135 cm³/mol. The summed E-state index contributed by atoms with van der Waals surface area (Å²) >= 11 is 18.1. The van der Waals surface area contributed by atoms with Crippen LogP contribution in [0, 0.1) is 12.7 Å². The Morgan fingerprint density at radius 1 is 0.970 bits per heavy atom. The lowest BCUT2D eigenvalue weighted by atomic mass is 9.97. The Morgan fingerprint density at radius 3 is 2.27 bits per heavy atom. The largest absolute Gasteiger partial charge is 0.495 e. The number of amides is 1. The van der Waals surface area contributed by atoms with E-state index in [0.717, 1.165) is 0 Å². The summed E-state index contributed by atoms with van der Waals surface area (Å²) in [7, 11) is 3.01. The van der Waals surface area contributed by atoms with Gasteiger partial charge in [0.05, 0.1) is 41.2 Å². The Morgan fingerprint density at radius 2 is 1.64 bits per heavy atom. The zero-order valence-electron chi connectivity index (χ0n) is 17.9. The molecule has 0 aliphatic carbocycles. The van der Waals surface area contributed by atoms with Crippen LogP contribution in [-0.2, 0) is 0 Å². The van der Waals surface area contributed by atoms with Crippen molar-refractivity contribution < 1.29 is 18.7 Å². The fourth-order valence-corrected chi connectivity index (χ4v) is 3.90. The highest BCUT2D eigenvalue weighted by atomic mass is 35.5. The Hall–Kier alpha value is -3.07. The predicted octanol–water partition coefficient (Wildman–Crippen LogP) is 6.03. The molecule has 0 aliphatic rings. The lowest BCUT2D eigenvalue weighted by Gasteiger charge is -2.17. The number of aryl methyl sites for hydroxylation is 1. The summed E-state index contributed by atoms with van der Waals surface area (Å²) in [6.45, 7) is 1.79. The Balaban J connectivity index is 1.88. The van der Waals surface area contributed by atoms with Crippen LogP contribution in [0.1, 0.15) is 15.9 Å². The summed E-state index contributed by atoms with van der Waals surface area (Å²) < 4.78 is 25.4. The standard InChI is InChI=1S/C23H20Cl2FN3O3S/c1-11-7-17(15(24)8-14(11)12-5-4-6-13(21(12)26)22(27)30)28-23(33)29-18-9-16(25)19(31-2)10-20(18)32-3/h4-10H,1-3H3,(H2,27,30)(H2,28,29,33). The fraction of sp³-hybridized carbons (Fsp3) is 0.130. The second-order valence-corrected chi connectivity index (χ2v) is 8.17. The smallest absolute Gasteiger partial charge is 0.251 e. The van der Waals surface area contributed by atoms with E-state index in [-0.39, 0.29) is 16.2 Å². The molecule has 0 unspecified atom stereocenters. The number of carbonyl (C=O) groups is 1. The molecule has 0 aliphatic heterocycles. The van der Waals surface area contributed by atoms with Crippen molar-refractivity contribution >= 4 is 57.8 Å². The third-order valence-electron chi connectivity index (χ3n) is 4.84. The minimum absolute atomic E-state index is 0.192. The van der Waals surface area contributed by atoms with Gasteiger partial charge in [-0.2, -0.15) is 0 Å². The van der Waals surface area contributed by atoms with Crippen LogP contribution >= 0.6 is 35.4 Å². The molecule has 0 bridgehead atoms. The van der Waals surface area contributed by atoms with Crippen molar-refractivity contribution in [2.75, 3.05) is 24.9 Å². The molecule has 0 spiro atoms. The summed E-state index contributed by atoms with van der Waals surface area (Å²) in [5.74, 6) is -0.616. The van der Waals surface area contributed by atoms with E-state index in [2.05, 4.69) is 10.6 Å². The number of carbonyl (C=O) groups excluding carboxylic acids is 1. The molecule has 172 valence electrons. The van der Waals surface area contributed by atoms with E-state index in [1.54, 1.807) is 43.3 Å². The Kier molecular flexibility index (Phi) is 7.63. The van der Waals surface area contributed by atoms with E-state index in [0.29, 0.717) is 44.0 Å². The molecule has 1 amide bonds. The van der Waals surface area contributed by atoms with Crippen molar-refractivity contribution in [1.29, 1.82) is 0 Å². The minimum atomic E-state index is -0.845. The van der Waals surface area contributed by atoms with Crippen molar-refractivity contribution in [3.63, 3.8) is 0 Å². The first-order chi connectivity index (χ1) is 15.7. The maximum Gasteiger partial charge on any atom is 0.251 e. The van der Waals surface area contributed by atoms with Gasteiger partial charge in [-0.25, -0.2) is 4.39 Å². The quantitative estimate of drug-likeness (QED) is 0.353. The van der Waals surface area contributed by atoms with Gasteiger partial charge in [-0.15, -0.1) is 0 Å². The van der Waals surface area contributed by atoms with Gasteiger partial charge in [0.2, 0.25) is 0 Å². The first-order valence-electron chi connectivity index (χ1n) is 9.54. The zero-order chi connectivity index (χ0) is 24.3. The SMILES string of the molecule is COc1cc(OC)c(NC(=S)Nc2cc(C)c(-c3cccc(C(N)=O)c3F)cc2Cl)cc1Cl. The number of hydrogen-bond donors (Lipinski definition) is 3. The fourth-order valence-electron chi connectivity index (χ4n) is 3.23. The van der Waals surface area contributed by atoms with Crippen LogP contribution in [0.4, 0.5) is 15.8 Å². The monoisotopic (exact) mass is 507 g/mol. The van der Waals surface area contributed by atoms with Crippen molar-refractivity contribution in [2.45, 2.75) is 6.92 Å². The maximum absolute atomic E-state index is 14.8. The van der Waals surface area contributed by atoms with Gasteiger partial charge >= 0.3 is 0 Å². The highest BCUT2D eigenvalue weighted by Crippen LogP contribution is 2.37. The second-order valence-electron chi connectivity index (χ2n) is 6.94. The lowest BCUT2D eigenvalue weighted by molar-refractivity contribution is 0.0996. The molecule has 0 fully saturated rings. The number of ether oxygens (including phenoxy) is 2. The Bertz CT molecular complexity index is 1250. The number of nitrogens with two attached hydrogens (primary N) is 1. The molecule has 0 radical (unpaired) electrons. The maximum atomic E-state index is 14.8. The minimum Gasteiger partial charge on any atom is -0.495 e. The number of thiocarbonyl (C=S) groups is 1. The molecule has 6 nitrogen and oxygen atoms in total. The van der Waals surface area contributed by atoms with Gasteiger partial charge in [-0.1, -0.05) is 35.3 Å². The van der Waals surface area contributed by atoms with Crippen LogP contribution in [0.5, 0.6) is 11.5 Å². The van der Waals surface area contributed by atoms with E-state index in [9.17, 15) is 9.18 Å². The van der Waals surface area contributed by atoms with E-state index >= 15 is 0 Å². The molecule has 10 heteroatoms. The topological polar surface area (TPSA) is 85.6 Å². The molecule has 0 saturated heterocycles. The van der Waals surface area contributed by atoms with Crippen molar-refractivity contribution in [1.82, 2.24) is 0 Å². The van der Waals surface area contributed by atoms with Crippen LogP contribution in [0.15, 0.2) is 42.5 Å². The number of anilines is 2. The first-order valence-corrected chi connectivity index (χ1v) is 10.7. The number of hydrogen-bond acceptors (Lipinski definition) is 4. The van der Waals surface area contributed by atoms with E-state index in [1.807, 2.05) is 0 Å². The first kappa shape index (κ1) is 24.6. The molecule has 0 heterocycles. The molecule has 0 atom stereocenters. The zero-order valence-corrected chi connectivity index (χ0v) is 20.2. The third kappa shape index (κ3) is 5.30. The van der Waals surface area contributed by atoms with Gasteiger partial charge in [0, 0.05) is 11.6 Å². The average molecular weight is 508 g/mol. The highest BCUT2D eigenvalue weighted by Gasteiger charge is 2.17. The van der Waals surface area contributed by atoms with E-state index in [4.69, 9.17) is 50.6 Å². The molecule has 3 aromatic rings. The molecule has 4 N–H and O–H groups in total. The molecule has 0 saturated carbocycles. The van der Waals surface area contributed by atoms with Crippen molar-refractivity contribution in [3.05, 3.63) is 69.5 Å². The number of primary amides is 1. The van der Waals surface area contributed by atoms with Crippen LogP contribution in [-0.4, -0.2) is 25.2 Å². The van der Waals surface area contributed by atoms with Crippen LogP contribution in [0.2, 0.25) is 10.0 Å². The van der Waals surface area contributed by atoms with Crippen LogP contribution in [0.3, 0.4) is 0 Å². The third-order valence-corrected chi connectivity index (χ3v) is 5.65. The van der Waals surface area contributed by atoms with Gasteiger partial charge < -0.3 is 25.8 Å². The molecule has 33 heavy (non-hydrogen) atoms. The number of benzene rings is 3. The van der Waals surface area contributed by atoms with Gasteiger partial charge in [0.15, 0.2) is 5.11 Å². The number of rotatable bonds is 6. The summed E-state index contributed by atoms with van der Waals surface area (Å²) in [5, 5.41) is 6.92. The summed E-state index contributed by atoms with van der Waals surface area (Å²) in [5.41, 5.74) is 7.53.